The Kier molecular flexibility index (Phi) is 7.21. The van der Waals surface area contributed by atoms with Gasteiger partial charge in [0.2, 0.25) is 0 Å². The Labute approximate surface area is 263 Å². The number of carboxylic acids is 1. The number of aliphatic imine (C=N–C) groups is 1. The van der Waals surface area contributed by atoms with Crippen molar-refractivity contribution < 1.29 is 33.7 Å². The van der Waals surface area contributed by atoms with Gasteiger partial charge in [-0.3, -0.25) is 14.7 Å². The predicted molar refractivity (Wildman–Crippen MR) is 161 cm³/mol. The van der Waals surface area contributed by atoms with Gasteiger partial charge in [0.1, 0.15) is 17.9 Å². The highest BCUT2D eigenvalue weighted by Gasteiger charge is 2.72. The number of carbonyl (C=O) groups is 3. The van der Waals surface area contributed by atoms with Gasteiger partial charge in [0, 0.05) is 61.0 Å². The summed E-state index contributed by atoms with van der Waals surface area (Å²) >= 11 is 1.35. The molecule has 238 valence electrons. The van der Waals surface area contributed by atoms with Crippen molar-refractivity contribution in [2.75, 3.05) is 39.4 Å². The van der Waals surface area contributed by atoms with Crippen molar-refractivity contribution in [1.82, 2.24) is 25.0 Å². The first kappa shape index (κ1) is 29.8. The number of aliphatic carboxylic acids is 1. The Morgan fingerprint density at radius 3 is 2.69 bits per heavy atom. The van der Waals surface area contributed by atoms with E-state index in [1.807, 2.05) is 4.90 Å². The Bertz CT molecular complexity index is 1610. The van der Waals surface area contributed by atoms with E-state index in [1.165, 1.54) is 17.4 Å². The molecule has 0 spiro atoms. The number of ether oxygens (including phenoxy) is 1. The van der Waals surface area contributed by atoms with Crippen LogP contribution in [0.15, 0.2) is 46.0 Å². The number of rotatable bonds is 9. The molecule has 2 bridgehead atoms. The number of carboxylic acid groups (broad SMARTS) is 1. The van der Waals surface area contributed by atoms with Crippen LogP contribution in [0, 0.1) is 18.2 Å². The molecule has 4 heterocycles. The Balaban J connectivity index is 1.24. The third-order valence-electron chi connectivity index (χ3n) is 10.1. The second-order valence-electron chi connectivity index (χ2n) is 12.7. The molecular weight excluding hydrogens is 603 g/mol. The summed E-state index contributed by atoms with van der Waals surface area (Å²) in [7, 11) is 0. The van der Waals surface area contributed by atoms with Crippen LogP contribution >= 0.6 is 11.3 Å². The molecule has 0 radical (unpaired) electrons. The number of carbonyl (C=O) groups excluding carboxylic acids is 2. The van der Waals surface area contributed by atoms with E-state index in [9.17, 15) is 29.0 Å². The van der Waals surface area contributed by atoms with Crippen molar-refractivity contribution >= 4 is 35.1 Å². The molecule has 5 fully saturated rings. The normalized spacial score (nSPS) is 30.7. The van der Waals surface area contributed by atoms with Crippen LogP contribution in [0.1, 0.15) is 48.4 Å². The number of aromatic nitrogens is 1. The number of thiazole rings is 1. The molecular formula is C31H35FN6O6S. The largest absolute Gasteiger partial charge is 0.480 e. The predicted octanol–water partition coefficient (Wildman–Crippen LogP) is 2.29. The number of amidine groups is 1. The van der Waals surface area contributed by atoms with E-state index >= 15 is 0 Å². The molecule has 3 saturated carbocycles. The Morgan fingerprint density at radius 1 is 1.24 bits per heavy atom. The Morgan fingerprint density at radius 2 is 2.02 bits per heavy atom. The second-order valence-corrected chi connectivity index (χ2v) is 13.6. The minimum atomic E-state index is -1.07. The number of aliphatic hydroxyl groups is 1. The number of nitrogens with zero attached hydrogens (tertiary/aromatic N) is 5. The zero-order chi connectivity index (χ0) is 31.7. The minimum absolute atomic E-state index is 0.0255. The van der Waals surface area contributed by atoms with Gasteiger partial charge in [-0.1, -0.05) is 12.1 Å². The van der Waals surface area contributed by atoms with Crippen LogP contribution in [0.2, 0.25) is 0 Å². The quantitative estimate of drug-likeness (QED) is 0.352. The molecule has 14 heteroatoms. The summed E-state index contributed by atoms with van der Waals surface area (Å²) in [5, 5.41) is 25.9. The molecule has 3 aliphatic carbocycles. The molecule has 3 aliphatic heterocycles. The molecule has 8 rings (SSSR count). The fourth-order valence-electron chi connectivity index (χ4n) is 8.07. The molecule has 6 aliphatic rings. The standard InChI is InChI=1S/C31H35FN6O6S/c1-3-44-28(42)22-20(34-25(26-33-7-10-45-26)35-23(22)18-5-4-6-19(32)17(18)2)11-36-8-9-37-21(24(36)27(40)41)12-38(29(37)43)31-13-30(14-31,15-31)16-39/h4-7,10,21,23-24,39H,3,8-9,11-16H2,1-2H3,(H,34,35)(H,40,41)/t21-,23+,24?,30?,31?/m1/s1. The summed E-state index contributed by atoms with van der Waals surface area (Å²) in [6.45, 7) is 4.41. The molecule has 2 saturated heterocycles. The molecule has 1 aromatic carbocycles. The maximum absolute atomic E-state index is 14.8. The minimum Gasteiger partial charge on any atom is -0.480 e. The summed E-state index contributed by atoms with van der Waals surface area (Å²) in [5.74, 6) is -1.75. The number of nitrogens with one attached hydrogen (secondary N) is 1. The second kappa shape index (κ2) is 10.9. The lowest BCUT2D eigenvalue weighted by Crippen LogP contribution is -2.76. The summed E-state index contributed by atoms with van der Waals surface area (Å²) < 4.78 is 20.3. The maximum atomic E-state index is 14.8. The number of amides is 2. The first-order valence-corrected chi connectivity index (χ1v) is 16.0. The number of piperazine rings is 1. The van der Waals surface area contributed by atoms with E-state index in [4.69, 9.17) is 9.73 Å². The fourth-order valence-corrected chi connectivity index (χ4v) is 8.65. The topological polar surface area (TPSA) is 148 Å². The van der Waals surface area contributed by atoms with E-state index in [0.29, 0.717) is 34.2 Å². The van der Waals surface area contributed by atoms with E-state index in [-0.39, 0.29) is 55.4 Å². The maximum Gasteiger partial charge on any atom is 0.338 e. The highest BCUT2D eigenvalue weighted by Crippen LogP contribution is 2.70. The average Bonchev–Trinajstić information content (AvgIpc) is 3.62. The zero-order valence-corrected chi connectivity index (χ0v) is 25.8. The van der Waals surface area contributed by atoms with Crippen LogP contribution < -0.4 is 5.32 Å². The number of esters is 1. The zero-order valence-electron chi connectivity index (χ0n) is 25.0. The van der Waals surface area contributed by atoms with Crippen LogP contribution in [-0.4, -0.2) is 111 Å². The summed E-state index contributed by atoms with van der Waals surface area (Å²) in [5.41, 5.74) is 0.993. The SMILES string of the molecule is CCOC(=O)C1=C(CN2CCN3C(=O)N(C45CC(CO)(C4)C5)C[C@@H]3C2C(=O)O)NC(c2nccs2)=N[C@H]1c1cccc(F)c1C. The van der Waals surface area contributed by atoms with Crippen LogP contribution in [-0.2, 0) is 14.3 Å². The van der Waals surface area contributed by atoms with Crippen molar-refractivity contribution in [2.24, 2.45) is 10.4 Å². The van der Waals surface area contributed by atoms with Gasteiger partial charge in [-0.05, 0) is 50.3 Å². The van der Waals surface area contributed by atoms with Crippen molar-refractivity contribution in [3.05, 3.63) is 63.0 Å². The first-order valence-electron chi connectivity index (χ1n) is 15.2. The van der Waals surface area contributed by atoms with E-state index < -0.39 is 35.9 Å². The number of benzene rings is 1. The van der Waals surface area contributed by atoms with Gasteiger partial charge in [0.25, 0.3) is 0 Å². The third kappa shape index (κ3) is 4.64. The smallest absolute Gasteiger partial charge is 0.338 e. The summed E-state index contributed by atoms with van der Waals surface area (Å²) in [4.78, 5) is 54.5. The van der Waals surface area contributed by atoms with Gasteiger partial charge in [0.05, 0.1) is 18.2 Å². The van der Waals surface area contributed by atoms with Gasteiger partial charge in [0.15, 0.2) is 10.8 Å². The molecule has 1 aromatic heterocycles. The van der Waals surface area contributed by atoms with Crippen molar-refractivity contribution in [3.63, 3.8) is 0 Å². The first-order chi connectivity index (χ1) is 21.6. The third-order valence-corrected chi connectivity index (χ3v) is 10.9. The molecule has 45 heavy (non-hydrogen) atoms. The van der Waals surface area contributed by atoms with Crippen molar-refractivity contribution in [2.45, 2.75) is 56.8 Å². The number of hydrogen-bond donors (Lipinski definition) is 3. The monoisotopic (exact) mass is 638 g/mol. The van der Waals surface area contributed by atoms with Crippen LogP contribution in [0.3, 0.4) is 0 Å². The van der Waals surface area contributed by atoms with E-state index in [0.717, 1.165) is 19.3 Å². The van der Waals surface area contributed by atoms with Crippen LogP contribution in [0.5, 0.6) is 0 Å². The molecule has 2 amide bonds. The van der Waals surface area contributed by atoms with Gasteiger partial charge in [-0.2, -0.15) is 0 Å². The summed E-state index contributed by atoms with van der Waals surface area (Å²) in [6.07, 6.45) is 3.85. The van der Waals surface area contributed by atoms with Gasteiger partial charge >= 0.3 is 18.0 Å². The number of urea groups is 1. The number of fused-ring (bicyclic) bond motifs is 1. The lowest BCUT2D eigenvalue weighted by atomic mass is 9.39. The molecule has 1 unspecified atom stereocenters. The van der Waals surface area contributed by atoms with Crippen molar-refractivity contribution in [3.8, 4) is 0 Å². The highest BCUT2D eigenvalue weighted by atomic mass is 32.1. The van der Waals surface area contributed by atoms with Crippen molar-refractivity contribution in [1.29, 1.82) is 0 Å². The van der Waals surface area contributed by atoms with Crippen LogP contribution in [0.25, 0.3) is 0 Å². The Hall–Kier alpha value is -3.88. The van der Waals surface area contributed by atoms with Crippen LogP contribution in [0.4, 0.5) is 9.18 Å². The number of halogens is 1. The lowest BCUT2D eigenvalue weighted by molar-refractivity contribution is -0.218. The van der Waals surface area contributed by atoms with Gasteiger partial charge < -0.3 is 30.1 Å². The lowest BCUT2D eigenvalue weighted by Gasteiger charge is -2.72. The van der Waals surface area contributed by atoms with E-state index in [1.54, 1.807) is 47.4 Å². The van der Waals surface area contributed by atoms with Gasteiger partial charge in [-0.15, -0.1) is 11.3 Å². The molecule has 2 aromatic rings. The van der Waals surface area contributed by atoms with E-state index in [2.05, 4.69) is 10.3 Å². The fraction of sp³-hybridized carbons (Fsp3) is 0.516. The molecule has 12 nitrogen and oxygen atoms in total. The molecule has 3 atom stereocenters. The number of hydrogen-bond acceptors (Lipinski definition) is 10. The summed E-state index contributed by atoms with van der Waals surface area (Å²) in [6, 6.07) is 1.92. The van der Waals surface area contributed by atoms with Gasteiger partial charge in [-0.25, -0.2) is 19.0 Å². The molecule has 3 N–H and O–H groups in total. The average molecular weight is 639 g/mol. The highest BCUT2D eigenvalue weighted by molar-refractivity contribution is 7.11. The number of aliphatic hydroxyl groups excluding tert-OH is 1.